The maximum Gasteiger partial charge on any atom is 0.0266 e. The number of thioether (sulfide) groups is 1. The lowest BCUT2D eigenvalue weighted by molar-refractivity contribution is 0.375. The van der Waals surface area contributed by atoms with Crippen molar-refractivity contribution in [3.05, 3.63) is 29.8 Å². The van der Waals surface area contributed by atoms with Crippen LogP contribution in [0.1, 0.15) is 52.1 Å². The van der Waals surface area contributed by atoms with Crippen LogP contribution in [0.25, 0.3) is 0 Å². The number of rotatable bonds is 5. The van der Waals surface area contributed by atoms with E-state index >= 15 is 0 Å². The Balaban J connectivity index is 2.39. The summed E-state index contributed by atoms with van der Waals surface area (Å²) in [5, 5.41) is 0. The van der Waals surface area contributed by atoms with Crippen molar-refractivity contribution in [2.45, 2.75) is 51.5 Å². The van der Waals surface area contributed by atoms with E-state index in [1.165, 1.54) is 29.1 Å². The van der Waals surface area contributed by atoms with Gasteiger partial charge < -0.3 is 5.73 Å². The van der Waals surface area contributed by atoms with E-state index in [4.69, 9.17) is 5.73 Å². The molecule has 0 spiro atoms. The Labute approximate surface area is 110 Å². The summed E-state index contributed by atoms with van der Waals surface area (Å²) in [5.41, 5.74) is 7.57. The Morgan fingerprint density at radius 2 is 2.00 bits per heavy atom. The highest BCUT2D eigenvalue weighted by Crippen LogP contribution is 2.26. The van der Waals surface area contributed by atoms with Crippen molar-refractivity contribution in [3.8, 4) is 0 Å². The molecule has 0 radical (unpaired) electrons. The molecule has 1 unspecified atom stereocenters. The van der Waals surface area contributed by atoms with Crippen molar-refractivity contribution >= 4 is 11.8 Å². The van der Waals surface area contributed by atoms with E-state index in [1.54, 1.807) is 0 Å². The second-order valence-electron chi connectivity index (χ2n) is 5.87. The summed E-state index contributed by atoms with van der Waals surface area (Å²) >= 11 is 1.94. The third kappa shape index (κ3) is 6.13. The first-order valence-electron chi connectivity index (χ1n) is 6.37. The maximum absolute atomic E-state index is 5.89. The average molecular weight is 251 g/mol. The lowest BCUT2D eigenvalue weighted by Crippen LogP contribution is -2.05. The number of benzene rings is 1. The van der Waals surface area contributed by atoms with Crippen LogP contribution < -0.4 is 5.73 Å². The summed E-state index contributed by atoms with van der Waals surface area (Å²) in [6.07, 6.45) is 2.56. The van der Waals surface area contributed by atoms with Gasteiger partial charge in [0.1, 0.15) is 0 Å². The minimum Gasteiger partial charge on any atom is -0.324 e. The van der Waals surface area contributed by atoms with Crippen LogP contribution in [0.5, 0.6) is 0 Å². The molecule has 2 heteroatoms. The third-order valence-corrected chi connectivity index (χ3v) is 3.80. The molecule has 1 aromatic rings. The molecule has 0 saturated heterocycles. The molecular formula is C15H25NS. The van der Waals surface area contributed by atoms with E-state index in [1.807, 2.05) is 18.7 Å². The Morgan fingerprint density at radius 1 is 1.29 bits per heavy atom. The first-order valence-corrected chi connectivity index (χ1v) is 7.35. The normalized spacial score (nSPS) is 13.7. The van der Waals surface area contributed by atoms with Crippen LogP contribution in [0, 0.1) is 5.41 Å². The molecule has 0 saturated carbocycles. The molecular weight excluding hydrogens is 226 g/mol. The highest BCUT2D eigenvalue weighted by Gasteiger charge is 2.09. The summed E-state index contributed by atoms with van der Waals surface area (Å²) in [6, 6.07) is 8.72. The molecule has 0 aliphatic heterocycles. The van der Waals surface area contributed by atoms with Crippen molar-refractivity contribution in [2.75, 3.05) is 5.75 Å². The molecule has 0 heterocycles. The average Bonchev–Trinajstić information content (AvgIpc) is 2.23. The van der Waals surface area contributed by atoms with Gasteiger partial charge >= 0.3 is 0 Å². The van der Waals surface area contributed by atoms with Crippen LogP contribution in [0.2, 0.25) is 0 Å². The molecule has 17 heavy (non-hydrogen) atoms. The standard InChI is InChI=1S/C15H25NS/c1-12(16)13-7-5-8-14(11-13)17-10-6-9-15(2,3)4/h5,7-8,11-12H,6,9-10,16H2,1-4H3. The molecule has 0 fully saturated rings. The minimum absolute atomic E-state index is 0.130. The zero-order chi connectivity index (χ0) is 12.9. The Hall–Kier alpha value is -0.470. The van der Waals surface area contributed by atoms with Gasteiger partial charge in [0.15, 0.2) is 0 Å². The van der Waals surface area contributed by atoms with E-state index in [2.05, 4.69) is 45.0 Å². The van der Waals surface area contributed by atoms with Gasteiger partial charge in [-0.25, -0.2) is 0 Å². The van der Waals surface area contributed by atoms with E-state index in [0.717, 1.165) is 0 Å². The van der Waals surface area contributed by atoms with Gasteiger partial charge in [-0.15, -0.1) is 11.8 Å². The monoisotopic (exact) mass is 251 g/mol. The molecule has 1 aromatic carbocycles. The van der Waals surface area contributed by atoms with Gasteiger partial charge in [-0.2, -0.15) is 0 Å². The fraction of sp³-hybridized carbons (Fsp3) is 0.600. The topological polar surface area (TPSA) is 26.0 Å². The predicted octanol–water partition coefficient (Wildman–Crippen LogP) is 4.62. The quantitative estimate of drug-likeness (QED) is 0.610. The van der Waals surface area contributed by atoms with Crippen LogP contribution in [0.4, 0.5) is 0 Å². The van der Waals surface area contributed by atoms with Crippen molar-refractivity contribution in [1.29, 1.82) is 0 Å². The Kier molecular flexibility index (Phi) is 5.54. The van der Waals surface area contributed by atoms with E-state index in [-0.39, 0.29) is 6.04 Å². The van der Waals surface area contributed by atoms with Gasteiger partial charge in [-0.1, -0.05) is 32.9 Å². The summed E-state index contributed by atoms with van der Waals surface area (Å²) < 4.78 is 0. The largest absolute Gasteiger partial charge is 0.324 e. The van der Waals surface area contributed by atoms with Crippen LogP contribution in [-0.2, 0) is 0 Å². The smallest absolute Gasteiger partial charge is 0.0266 e. The Morgan fingerprint density at radius 3 is 2.59 bits per heavy atom. The fourth-order valence-electron chi connectivity index (χ4n) is 1.68. The fourth-order valence-corrected chi connectivity index (χ4v) is 2.60. The molecule has 2 N–H and O–H groups in total. The first-order chi connectivity index (χ1) is 7.88. The van der Waals surface area contributed by atoms with Crippen molar-refractivity contribution in [1.82, 2.24) is 0 Å². The van der Waals surface area contributed by atoms with Gasteiger partial charge in [0.05, 0.1) is 0 Å². The molecule has 0 amide bonds. The van der Waals surface area contributed by atoms with E-state index in [0.29, 0.717) is 5.41 Å². The van der Waals surface area contributed by atoms with E-state index < -0.39 is 0 Å². The molecule has 0 aromatic heterocycles. The summed E-state index contributed by atoms with van der Waals surface area (Å²) in [6.45, 7) is 8.93. The zero-order valence-electron chi connectivity index (χ0n) is 11.5. The van der Waals surface area contributed by atoms with Crippen LogP contribution in [0.15, 0.2) is 29.2 Å². The molecule has 1 nitrogen and oxygen atoms in total. The minimum atomic E-state index is 0.130. The second-order valence-corrected chi connectivity index (χ2v) is 7.04. The molecule has 96 valence electrons. The molecule has 1 atom stereocenters. The molecule has 0 bridgehead atoms. The molecule has 0 aliphatic rings. The number of hydrogen-bond donors (Lipinski definition) is 1. The van der Waals surface area contributed by atoms with Crippen molar-refractivity contribution < 1.29 is 0 Å². The van der Waals surface area contributed by atoms with Gasteiger partial charge in [0.2, 0.25) is 0 Å². The third-order valence-electron chi connectivity index (χ3n) is 2.72. The van der Waals surface area contributed by atoms with Crippen molar-refractivity contribution in [2.24, 2.45) is 11.1 Å². The summed E-state index contributed by atoms with van der Waals surface area (Å²) in [5.74, 6) is 1.19. The zero-order valence-corrected chi connectivity index (χ0v) is 12.3. The first kappa shape index (κ1) is 14.6. The van der Waals surface area contributed by atoms with E-state index in [9.17, 15) is 0 Å². The number of nitrogens with two attached hydrogens (primary N) is 1. The SMILES string of the molecule is CC(N)c1cccc(SCCCC(C)(C)C)c1. The lowest BCUT2D eigenvalue weighted by Gasteiger charge is -2.17. The summed E-state index contributed by atoms with van der Waals surface area (Å²) in [4.78, 5) is 1.34. The second kappa shape index (κ2) is 6.46. The Bertz CT molecular complexity index is 339. The maximum atomic E-state index is 5.89. The van der Waals surface area contributed by atoms with Gasteiger partial charge in [-0.3, -0.25) is 0 Å². The highest BCUT2D eigenvalue weighted by molar-refractivity contribution is 7.99. The summed E-state index contributed by atoms with van der Waals surface area (Å²) in [7, 11) is 0. The predicted molar refractivity (Wildman–Crippen MR) is 78.5 cm³/mol. The van der Waals surface area contributed by atoms with Crippen molar-refractivity contribution in [3.63, 3.8) is 0 Å². The van der Waals surface area contributed by atoms with Crippen LogP contribution in [-0.4, -0.2) is 5.75 Å². The number of hydrogen-bond acceptors (Lipinski definition) is 2. The van der Waals surface area contributed by atoms with Gasteiger partial charge in [0, 0.05) is 10.9 Å². The molecule has 1 rings (SSSR count). The molecule has 0 aliphatic carbocycles. The lowest BCUT2D eigenvalue weighted by atomic mass is 9.91. The highest BCUT2D eigenvalue weighted by atomic mass is 32.2. The van der Waals surface area contributed by atoms with Crippen LogP contribution >= 0.6 is 11.8 Å². The van der Waals surface area contributed by atoms with Gasteiger partial charge in [-0.05, 0) is 48.6 Å². The van der Waals surface area contributed by atoms with Gasteiger partial charge in [0.25, 0.3) is 0 Å². The van der Waals surface area contributed by atoms with Crippen LogP contribution in [0.3, 0.4) is 0 Å².